The minimum atomic E-state index is -1.26. The number of likely N-dealkylation sites (tertiary alicyclic amines) is 1. The van der Waals surface area contributed by atoms with Crippen LogP contribution in [0.1, 0.15) is 31.7 Å². The predicted molar refractivity (Wildman–Crippen MR) is 64.1 cm³/mol. The van der Waals surface area contributed by atoms with E-state index in [1.54, 1.807) is 0 Å². The summed E-state index contributed by atoms with van der Waals surface area (Å²) in [7, 11) is 0. The van der Waals surface area contributed by atoms with E-state index in [2.05, 4.69) is 4.90 Å². The molecule has 3 rings (SSSR count). The van der Waals surface area contributed by atoms with Crippen molar-refractivity contribution in [2.24, 2.45) is 0 Å². The molecule has 1 aliphatic carbocycles. The van der Waals surface area contributed by atoms with E-state index in [1.165, 1.54) is 0 Å². The van der Waals surface area contributed by atoms with E-state index in [1.807, 2.05) is 6.92 Å². The van der Waals surface area contributed by atoms with Crippen LogP contribution in [0.25, 0.3) is 0 Å². The van der Waals surface area contributed by atoms with Gasteiger partial charge in [-0.2, -0.15) is 0 Å². The molecule has 2 unspecified atom stereocenters. The van der Waals surface area contributed by atoms with Crippen LogP contribution >= 0.6 is 0 Å². The highest BCUT2D eigenvalue weighted by Gasteiger charge is 2.47. The van der Waals surface area contributed by atoms with Crippen molar-refractivity contribution in [3.63, 3.8) is 0 Å². The molecule has 1 saturated heterocycles. The normalized spacial score (nSPS) is 33.0. The summed E-state index contributed by atoms with van der Waals surface area (Å²) in [6.07, 6.45) is 2.75. The minimum absolute atomic E-state index is 0.0949. The van der Waals surface area contributed by atoms with Crippen molar-refractivity contribution >= 4 is 0 Å². The van der Waals surface area contributed by atoms with Gasteiger partial charge in [0.15, 0.2) is 0 Å². The average molecular weight is 253 g/mol. The summed E-state index contributed by atoms with van der Waals surface area (Å²) < 4.78 is 27.0. The third-order valence-electron chi connectivity index (χ3n) is 4.09. The summed E-state index contributed by atoms with van der Waals surface area (Å²) in [5.41, 5.74) is -1.16. The van der Waals surface area contributed by atoms with Gasteiger partial charge in [0.1, 0.15) is 17.2 Å². The fourth-order valence-corrected chi connectivity index (χ4v) is 3.07. The van der Waals surface area contributed by atoms with Crippen molar-refractivity contribution in [1.29, 1.82) is 0 Å². The number of hydrogen-bond acceptors (Lipinski definition) is 2. The van der Waals surface area contributed by atoms with E-state index in [4.69, 9.17) is 0 Å². The Morgan fingerprint density at radius 2 is 2.06 bits per heavy atom. The Kier molecular flexibility index (Phi) is 2.68. The summed E-state index contributed by atoms with van der Waals surface area (Å²) >= 11 is 0. The van der Waals surface area contributed by atoms with E-state index >= 15 is 0 Å². The van der Waals surface area contributed by atoms with Gasteiger partial charge in [0.2, 0.25) is 0 Å². The van der Waals surface area contributed by atoms with Crippen LogP contribution in [0.4, 0.5) is 8.78 Å². The molecule has 0 aromatic heterocycles. The lowest BCUT2D eigenvalue weighted by Crippen LogP contribution is -2.33. The van der Waals surface area contributed by atoms with Gasteiger partial charge in [0.25, 0.3) is 0 Å². The molecular formula is C14H17F2NO. The lowest BCUT2D eigenvalue weighted by Gasteiger charge is -2.24. The molecule has 1 aromatic carbocycles. The standard InChI is InChI=1S/C14H17F2NO/c1-9-7-14(18,8-17(9)11-3-4-11)12-6-10(15)2-5-13(12)16/h2,5-6,9,11,18H,3-4,7-8H2,1H3. The molecule has 0 spiro atoms. The summed E-state index contributed by atoms with van der Waals surface area (Å²) in [6.45, 7) is 2.44. The molecule has 1 heterocycles. The smallest absolute Gasteiger partial charge is 0.129 e. The Balaban J connectivity index is 1.93. The van der Waals surface area contributed by atoms with Crippen LogP contribution in [-0.2, 0) is 5.60 Å². The van der Waals surface area contributed by atoms with Crippen LogP contribution < -0.4 is 0 Å². The average Bonchev–Trinajstić information content (AvgIpc) is 3.09. The van der Waals surface area contributed by atoms with Crippen LogP contribution in [0, 0.1) is 11.6 Å². The number of halogens is 2. The van der Waals surface area contributed by atoms with E-state index in [0.717, 1.165) is 31.0 Å². The van der Waals surface area contributed by atoms with Gasteiger partial charge in [0.05, 0.1) is 0 Å². The summed E-state index contributed by atoms with van der Waals surface area (Å²) in [5.74, 6) is -1.03. The van der Waals surface area contributed by atoms with Crippen molar-refractivity contribution in [2.45, 2.75) is 43.9 Å². The molecule has 0 amide bonds. The van der Waals surface area contributed by atoms with Crippen LogP contribution in [-0.4, -0.2) is 28.6 Å². The second-order valence-corrected chi connectivity index (χ2v) is 5.61. The van der Waals surface area contributed by atoms with E-state index in [-0.39, 0.29) is 11.6 Å². The lowest BCUT2D eigenvalue weighted by atomic mass is 9.91. The number of aliphatic hydroxyl groups is 1. The first kappa shape index (κ1) is 12.1. The van der Waals surface area contributed by atoms with Gasteiger partial charge in [-0.05, 0) is 44.4 Å². The molecule has 0 bridgehead atoms. The third kappa shape index (κ3) is 1.93. The van der Waals surface area contributed by atoms with E-state index in [0.29, 0.717) is 19.0 Å². The minimum Gasteiger partial charge on any atom is -0.384 e. The Morgan fingerprint density at radius 1 is 1.33 bits per heavy atom. The number of benzene rings is 1. The van der Waals surface area contributed by atoms with Gasteiger partial charge in [-0.25, -0.2) is 8.78 Å². The van der Waals surface area contributed by atoms with Crippen LogP contribution in [0.2, 0.25) is 0 Å². The molecular weight excluding hydrogens is 236 g/mol. The van der Waals surface area contributed by atoms with Gasteiger partial charge >= 0.3 is 0 Å². The van der Waals surface area contributed by atoms with Crippen LogP contribution in [0.5, 0.6) is 0 Å². The Labute approximate surface area is 105 Å². The third-order valence-corrected chi connectivity index (χ3v) is 4.09. The molecule has 98 valence electrons. The largest absolute Gasteiger partial charge is 0.384 e. The molecule has 0 radical (unpaired) electrons. The van der Waals surface area contributed by atoms with Crippen LogP contribution in [0.15, 0.2) is 18.2 Å². The topological polar surface area (TPSA) is 23.5 Å². The SMILES string of the molecule is CC1CC(O)(c2cc(F)ccc2F)CN1C1CC1. The fourth-order valence-electron chi connectivity index (χ4n) is 3.07. The van der Waals surface area contributed by atoms with Crippen LogP contribution in [0.3, 0.4) is 0 Å². The Morgan fingerprint density at radius 3 is 2.72 bits per heavy atom. The fraction of sp³-hybridized carbons (Fsp3) is 0.571. The first-order valence-electron chi connectivity index (χ1n) is 6.43. The molecule has 2 fully saturated rings. The number of rotatable bonds is 2. The summed E-state index contributed by atoms with van der Waals surface area (Å²) in [4.78, 5) is 2.21. The van der Waals surface area contributed by atoms with Crippen molar-refractivity contribution in [1.82, 2.24) is 4.90 Å². The van der Waals surface area contributed by atoms with Crippen molar-refractivity contribution in [3.05, 3.63) is 35.4 Å². The van der Waals surface area contributed by atoms with E-state index in [9.17, 15) is 13.9 Å². The Bertz CT molecular complexity index is 475. The zero-order chi connectivity index (χ0) is 12.9. The quantitative estimate of drug-likeness (QED) is 0.875. The second-order valence-electron chi connectivity index (χ2n) is 5.61. The number of nitrogens with zero attached hydrogens (tertiary/aromatic N) is 1. The van der Waals surface area contributed by atoms with Gasteiger partial charge in [0, 0.05) is 24.2 Å². The molecule has 2 aliphatic rings. The van der Waals surface area contributed by atoms with Crippen molar-refractivity contribution in [2.75, 3.05) is 6.54 Å². The monoisotopic (exact) mass is 253 g/mol. The maximum absolute atomic E-state index is 13.8. The van der Waals surface area contributed by atoms with Crippen molar-refractivity contribution in [3.8, 4) is 0 Å². The highest BCUT2D eigenvalue weighted by atomic mass is 19.1. The van der Waals surface area contributed by atoms with Gasteiger partial charge in [-0.1, -0.05) is 0 Å². The van der Waals surface area contributed by atoms with E-state index < -0.39 is 17.2 Å². The summed E-state index contributed by atoms with van der Waals surface area (Å²) in [6, 6.07) is 4.03. The molecule has 4 heteroatoms. The molecule has 1 saturated carbocycles. The first-order valence-corrected chi connectivity index (χ1v) is 6.43. The molecule has 1 aromatic rings. The second kappa shape index (κ2) is 4.00. The molecule has 18 heavy (non-hydrogen) atoms. The maximum atomic E-state index is 13.8. The van der Waals surface area contributed by atoms with Gasteiger partial charge in [-0.15, -0.1) is 0 Å². The Hall–Kier alpha value is -1.00. The maximum Gasteiger partial charge on any atom is 0.129 e. The van der Waals surface area contributed by atoms with Gasteiger partial charge in [-0.3, -0.25) is 4.90 Å². The lowest BCUT2D eigenvalue weighted by molar-refractivity contribution is 0.0412. The van der Waals surface area contributed by atoms with Gasteiger partial charge < -0.3 is 5.11 Å². The highest BCUT2D eigenvalue weighted by Crippen LogP contribution is 2.42. The van der Waals surface area contributed by atoms with Crippen molar-refractivity contribution < 1.29 is 13.9 Å². The number of β-amino-alcohol motifs (C(OH)–C–C–N with tert-alkyl or cyclic N) is 1. The zero-order valence-corrected chi connectivity index (χ0v) is 10.4. The molecule has 1 aliphatic heterocycles. The summed E-state index contributed by atoms with van der Waals surface area (Å²) in [5, 5.41) is 10.6. The predicted octanol–water partition coefficient (Wildman–Crippen LogP) is 2.41. The number of hydrogen-bond donors (Lipinski definition) is 1. The zero-order valence-electron chi connectivity index (χ0n) is 10.4. The molecule has 2 atom stereocenters. The molecule has 1 N–H and O–H groups in total. The highest BCUT2D eigenvalue weighted by molar-refractivity contribution is 5.28. The molecule has 2 nitrogen and oxygen atoms in total. The first-order chi connectivity index (χ1) is 8.49.